The van der Waals surface area contributed by atoms with Gasteiger partial charge in [0.15, 0.2) is 5.83 Å². The third-order valence-electron chi connectivity index (χ3n) is 10.6. The van der Waals surface area contributed by atoms with Gasteiger partial charge >= 0.3 is 29.9 Å². The number of nitrogens with zero attached hydrogens (tertiary/aromatic N) is 1. The van der Waals surface area contributed by atoms with Crippen molar-refractivity contribution < 1.29 is 67.0 Å². The molecule has 0 heterocycles. The van der Waals surface area contributed by atoms with Gasteiger partial charge in [0.25, 0.3) is 0 Å². The van der Waals surface area contributed by atoms with E-state index in [1.54, 1.807) is 12.1 Å². The lowest BCUT2D eigenvalue weighted by Crippen LogP contribution is -2.66. The highest BCUT2D eigenvalue weighted by atomic mass is 19.4. The van der Waals surface area contributed by atoms with Crippen molar-refractivity contribution in [1.82, 2.24) is 4.90 Å². The van der Waals surface area contributed by atoms with Crippen molar-refractivity contribution in [2.75, 3.05) is 20.1 Å². The molecule has 3 aliphatic carbocycles. The number of halogens is 13. The number of carbonyl (C=O) groups excluding carboxylic acids is 1. The number of aromatic hydroxyl groups is 1. The van der Waals surface area contributed by atoms with Crippen molar-refractivity contribution in [3.8, 4) is 5.75 Å². The number of hydrogen-bond donors (Lipinski definition) is 1. The molecule has 4 rings (SSSR count). The molecule has 272 valence electrons. The number of hydrogen-bond acceptors (Lipinski definition) is 3. The number of Topliss-reactive ketones (excluding diaryl/α,β-unsaturated/α-hetero) is 1. The largest absolute Gasteiger partial charge is 0.508 e. The topological polar surface area (TPSA) is 40.5 Å². The van der Waals surface area contributed by atoms with Crippen LogP contribution in [0.2, 0.25) is 0 Å². The van der Waals surface area contributed by atoms with E-state index in [0.29, 0.717) is 44.9 Å². The number of allylic oxidation sites excluding steroid dienone is 1. The molecular weight excluding hydrogens is 677 g/mol. The minimum Gasteiger partial charge on any atom is -0.508 e. The molecule has 0 spiro atoms. The van der Waals surface area contributed by atoms with Crippen LogP contribution in [0, 0.1) is 23.2 Å². The molecule has 6 atom stereocenters. The summed E-state index contributed by atoms with van der Waals surface area (Å²) in [5, 5.41) is 10.1. The quantitative estimate of drug-likeness (QED) is 0.173. The van der Waals surface area contributed by atoms with Gasteiger partial charge in [-0.15, -0.1) is 0 Å². The summed E-state index contributed by atoms with van der Waals surface area (Å²) in [4.78, 5) is 13.9. The average Bonchev–Trinajstić information content (AvgIpc) is 3.27. The van der Waals surface area contributed by atoms with E-state index < -0.39 is 59.7 Å². The van der Waals surface area contributed by atoms with Crippen LogP contribution in [0.3, 0.4) is 0 Å². The van der Waals surface area contributed by atoms with E-state index in [0.717, 1.165) is 16.0 Å². The van der Waals surface area contributed by atoms with Gasteiger partial charge in [0, 0.05) is 24.3 Å². The third kappa shape index (κ3) is 6.31. The molecule has 0 saturated heterocycles. The van der Waals surface area contributed by atoms with Gasteiger partial charge in [0.2, 0.25) is 0 Å². The van der Waals surface area contributed by atoms with Crippen LogP contribution in [0.15, 0.2) is 30.1 Å². The number of alkyl halides is 12. The van der Waals surface area contributed by atoms with Crippen molar-refractivity contribution in [2.24, 2.45) is 23.2 Å². The molecule has 1 aromatic rings. The fourth-order valence-corrected chi connectivity index (χ4v) is 7.98. The highest BCUT2D eigenvalue weighted by molar-refractivity contribution is 5.87. The first-order chi connectivity index (χ1) is 21.9. The summed E-state index contributed by atoms with van der Waals surface area (Å²) < 4.78 is 175. The molecule has 1 aromatic carbocycles. The number of carbonyl (C=O) groups is 1. The Balaban J connectivity index is 1.36. The second kappa shape index (κ2) is 13.0. The molecule has 0 unspecified atom stereocenters. The molecule has 0 aliphatic heterocycles. The zero-order valence-corrected chi connectivity index (χ0v) is 26.0. The van der Waals surface area contributed by atoms with E-state index in [1.165, 1.54) is 13.1 Å². The van der Waals surface area contributed by atoms with Gasteiger partial charge in [-0.2, -0.15) is 48.3 Å². The Morgan fingerprint density at radius 2 is 1.62 bits per heavy atom. The van der Waals surface area contributed by atoms with Crippen LogP contribution in [-0.4, -0.2) is 72.0 Å². The minimum atomic E-state index is -7.69. The molecule has 1 N–H and O–H groups in total. The Morgan fingerprint density at radius 1 is 0.979 bits per heavy atom. The standard InChI is InChI=1S/C32H36F13NO2/c1-27-16-22(33)26-20-8-7-19(47)15-18(20)14-17(25(26)21(27)9-10-24(27)48)6-4-3-5-12-46(2)13-11-23(34)28(35,36)29(37,38)30(39,40)31(41,42)32(43,44)45/h7-8,11,15,17,21-22,25-26,47H,3-6,9-10,12-14,16H2,1-2H3/b23-11-/t17-,21+,22+,25+,26+,27+/m1/s1. The van der Waals surface area contributed by atoms with Crippen molar-refractivity contribution in [1.29, 1.82) is 0 Å². The number of benzene rings is 1. The smallest absolute Gasteiger partial charge is 0.460 e. The van der Waals surface area contributed by atoms with E-state index in [4.69, 9.17) is 0 Å². The maximum atomic E-state index is 15.8. The van der Waals surface area contributed by atoms with E-state index in [-0.39, 0.29) is 48.3 Å². The van der Waals surface area contributed by atoms with E-state index >= 15 is 4.39 Å². The van der Waals surface area contributed by atoms with Gasteiger partial charge in [-0.1, -0.05) is 25.8 Å². The molecule has 3 aliphatic rings. The van der Waals surface area contributed by atoms with Crippen LogP contribution < -0.4 is 0 Å². The molecule has 3 nitrogen and oxygen atoms in total. The first kappa shape index (κ1) is 38.3. The highest BCUT2D eigenvalue weighted by Crippen LogP contribution is 2.63. The number of phenols is 1. The average molecular weight is 714 g/mol. The number of fused-ring (bicyclic) bond motifs is 5. The van der Waals surface area contributed by atoms with Crippen LogP contribution in [0.5, 0.6) is 5.75 Å². The SMILES string of the molecule is CN(C/C=C(\F)C(F)(F)C(F)(F)C(F)(F)C(F)(F)C(F)(F)F)CCCCC[C@@H]1Cc2cc(O)ccc2[C@@H]2[C@@H]1[C@@H]1CCC(=O)[C@@]1(C)C[C@@H]2F. The zero-order valence-electron chi connectivity index (χ0n) is 26.0. The van der Waals surface area contributed by atoms with E-state index in [9.17, 15) is 62.6 Å². The first-order valence-corrected chi connectivity index (χ1v) is 15.5. The molecular formula is C32H36F13NO2. The monoisotopic (exact) mass is 713 g/mol. The van der Waals surface area contributed by atoms with Crippen LogP contribution in [0.1, 0.15) is 68.9 Å². The zero-order chi connectivity index (χ0) is 36.3. The van der Waals surface area contributed by atoms with Crippen LogP contribution in [0.4, 0.5) is 57.1 Å². The van der Waals surface area contributed by atoms with Crippen LogP contribution in [0.25, 0.3) is 0 Å². The molecule has 2 fully saturated rings. The summed E-state index contributed by atoms with van der Waals surface area (Å²) >= 11 is 0. The Bertz CT molecular complexity index is 1380. The van der Waals surface area contributed by atoms with Crippen molar-refractivity contribution in [2.45, 2.75) is 100 Å². The second-order valence-corrected chi connectivity index (χ2v) is 13.6. The summed E-state index contributed by atoms with van der Waals surface area (Å²) in [6.45, 7) is 0.980. The van der Waals surface area contributed by atoms with Crippen molar-refractivity contribution in [3.05, 3.63) is 41.2 Å². The summed E-state index contributed by atoms with van der Waals surface area (Å²) in [6.07, 6.45) is -5.14. The second-order valence-electron chi connectivity index (χ2n) is 13.6. The number of phenolic OH excluding ortho intramolecular Hbond substituents is 1. The summed E-state index contributed by atoms with van der Waals surface area (Å²) in [5.74, 6) is -33.2. The highest BCUT2D eigenvalue weighted by Gasteiger charge is 2.87. The van der Waals surface area contributed by atoms with E-state index in [2.05, 4.69) is 0 Å². The molecule has 48 heavy (non-hydrogen) atoms. The van der Waals surface area contributed by atoms with Crippen LogP contribution >= 0.6 is 0 Å². The summed E-state index contributed by atoms with van der Waals surface area (Å²) in [6, 6.07) is 4.86. The molecule has 0 aromatic heterocycles. The van der Waals surface area contributed by atoms with Gasteiger partial charge in [-0.05, 0) is 92.8 Å². The molecule has 0 amide bonds. The minimum absolute atomic E-state index is 0.0214. The first-order valence-electron chi connectivity index (χ1n) is 15.5. The molecule has 0 bridgehead atoms. The lowest BCUT2D eigenvalue weighted by Gasteiger charge is -2.53. The predicted molar refractivity (Wildman–Crippen MR) is 148 cm³/mol. The molecule has 2 saturated carbocycles. The lowest BCUT2D eigenvalue weighted by molar-refractivity contribution is -0.419. The van der Waals surface area contributed by atoms with Crippen LogP contribution in [-0.2, 0) is 11.2 Å². The molecule has 16 heteroatoms. The fraction of sp³-hybridized carbons (Fsp3) is 0.719. The van der Waals surface area contributed by atoms with Gasteiger partial charge in [-0.25, -0.2) is 8.78 Å². The number of likely N-dealkylation sites (N-methyl/N-ethyl adjacent to an activating group) is 1. The lowest BCUT2D eigenvalue weighted by atomic mass is 9.51. The predicted octanol–water partition coefficient (Wildman–Crippen LogP) is 9.44. The van der Waals surface area contributed by atoms with Gasteiger partial charge < -0.3 is 10.0 Å². The van der Waals surface area contributed by atoms with Gasteiger partial charge in [-0.3, -0.25) is 4.79 Å². The van der Waals surface area contributed by atoms with E-state index in [1.807, 2.05) is 6.92 Å². The van der Waals surface area contributed by atoms with Gasteiger partial charge in [0.05, 0.1) is 0 Å². The van der Waals surface area contributed by atoms with Crippen molar-refractivity contribution in [3.63, 3.8) is 0 Å². The Labute approximate surface area is 268 Å². The molecule has 0 radical (unpaired) electrons. The third-order valence-corrected chi connectivity index (χ3v) is 10.6. The Hall–Kier alpha value is -2.52. The summed E-state index contributed by atoms with van der Waals surface area (Å²) in [7, 11) is 1.23. The number of unbranched alkanes of at least 4 members (excludes halogenated alkanes) is 2. The fourth-order valence-electron chi connectivity index (χ4n) is 7.98. The normalized spacial score (nSPS) is 28.8. The Kier molecular flexibility index (Phi) is 10.4. The maximum absolute atomic E-state index is 15.8. The number of rotatable bonds is 12. The maximum Gasteiger partial charge on any atom is 0.460 e. The van der Waals surface area contributed by atoms with Gasteiger partial charge in [0.1, 0.15) is 17.7 Å². The Morgan fingerprint density at radius 3 is 2.25 bits per heavy atom. The summed E-state index contributed by atoms with van der Waals surface area (Å²) in [5.41, 5.74) is 0.882. The van der Waals surface area contributed by atoms with Crippen molar-refractivity contribution >= 4 is 5.78 Å². The number of ketones is 1.